The molecule has 0 saturated carbocycles. The average Bonchev–Trinajstić information content (AvgIpc) is 2.73. The number of rotatable bonds is 10. The zero-order valence-electron chi connectivity index (χ0n) is 17.1. The van der Waals surface area contributed by atoms with Crippen molar-refractivity contribution in [3.8, 4) is 11.5 Å². The molecule has 2 N–H and O–H groups in total. The molecule has 2 rings (SSSR count). The lowest BCUT2D eigenvalue weighted by molar-refractivity contribution is -0.114. The third kappa shape index (κ3) is 5.39. The van der Waals surface area contributed by atoms with Crippen LogP contribution >= 0.6 is 0 Å². The number of hydrogen-bond donors (Lipinski definition) is 2. The van der Waals surface area contributed by atoms with Crippen LogP contribution in [0.2, 0.25) is 0 Å². The van der Waals surface area contributed by atoms with E-state index < -0.39 is 10.0 Å². The highest BCUT2D eigenvalue weighted by molar-refractivity contribution is 7.89. The minimum absolute atomic E-state index is 0.0312. The second-order valence-electron chi connectivity index (χ2n) is 6.05. The van der Waals surface area contributed by atoms with Crippen molar-refractivity contribution < 1.29 is 22.7 Å². The molecule has 8 nitrogen and oxygen atoms in total. The van der Waals surface area contributed by atoms with E-state index in [2.05, 4.69) is 10.6 Å². The van der Waals surface area contributed by atoms with E-state index in [4.69, 9.17) is 9.47 Å². The highest BCUT2D eigenvalue weighted by Crippen LogP contribution is 2.29. The van der Waals surface area contributed by atoms with Crippen molar-refractivity contribution in [1.29, 1.82) is 0 Å². The molecule has 1 amide bonds. The molecule has 0 spiro atoms. The molecule has 158 valence electrons. The van der Waals surface area contributed by atoms with Crippen molar-refractivity contribution in [3.05, 3.63) is 42.5 Å². The molecule has 29 heavy (non-hydrogen) atoms. The van der Waals surface area contributed by atoms with Crippen molar-refractivity contribution >= 4 is 27.3 Å². The fraction of sp³-hybridized carbons (Fsp3) is 0.350. The summed E-state index contributed by atoms with van der Waals surface area (Å²) in [5.41, 5.74) is 0.961. The normalized spacial score (nSPS) is 11.2. The van der Waals surface area contributed by atoms with Gasteiger partial charge in [-0.05, 0) is 30.3 Å². The maximum Gasteiger partial charge on any atom is 0.243 e. The molecule has 0 saturated heterocycles. The lowest BCUT2D eigenvalue weighted by atomic mass is 10.2. The molecule has 2 aromatic carbocycles. The lowest BCUT2D eigenvalue weighted by Crippen LogP contribution is -2.30. The van der Waals surface area contributed by atoms with Crippen LogP contribution < -0.4 is 20.1 Å². The first-order chi connectivity index (χ1) is 13.9. The Labute approximate surface area is 171 Å². The van der Waals surface area contributed by atoms with Crippen LogP contribution in [-0.2, 0) is 14.8 Å². The fourth-order valence-electron chi connectivity index (χ4n) is 2.82. The number of hydrogen-bond acceptors (Lipinski definition) is 6. The predicted octanol–water partition coefficient (Wildman–Crippen LogP) is 2.78. The summed E-state index contributed by atoms with van der Waals surface area (Å²) in [7, 11) is -0.651. The summed E-state index contributed by atoms with van der Waals surface area (Å²) in [4.78, 5) is 12.5. The number of carbonyl (C=O) groups is 1. The Hall–Kier alpha value is -2.78. The minimum Gasteiger partial charge on any atom is -0.495 e. The third-order valence-electron chi connectivity index (χ3n) is 4.33. The molecule has 0 unspecified atom stereocenters. The predicted molar refractivity (Wildman–Crippen MR) is 113 cm³/mol. The first-order valence-corrected chi connectivity index (χ1v) is 10.7. The first kappa shape index (κ1) is 22.5. The topological polar surface area (TPSA) is 97.0 Å². The van der Waals surface area contributed by atoms with E-state index in [1.54, 1.807) is 33.1 Å². The number of nitrogens with one attached hydrogen (secondary N) is 2. The van der Waals surface area contributed by atoms with E-state index in [0.717, 1.165) is 0 Å². The summed E-state index contributed by atoms with van der Waals surface area (Å²) in [5.74, 6) is 0.630. The molecule has 0 aromatic heterocycles. The van der Waals surface area contributed by atoms with Gasteiger partial charge < -0.3 is 20.1 Å². The lowest BCUT2D eigenvalue weighted by Gasteiger charge is -2.19. The van der Waals surface area contributed by atoms with Gasteiger partial charge >= 0.3 is 0 Å². The van der Waals surface area contributed by atoms with Crippen LogP contribution in [0.4, 0.5) is 11.4 Å². The number of carbonyl (C=O) groups excluding carboxylic acids is 1. The number of ether oxygens (including phenoxy) is 2. The number of sulfonamides is 1. The molecular weight excluding hydrogens is 394 g/mol. The van der Waals surface area contributed by atoms with Crippen LogP contribution in [0, 0.1) is 0 Å². The Balaban J connectivity index is 2.19. The number of benzene rings is 2. The number of para-hydroxylation sites is 2. The van der Waals surface area contributed by atoms with Gasteiger partial charge in [-0.15, -0.1) is 0 Å². The van der Waals surface area contributed by atoms with Crippen LogP contribution in [0.25, 0.3) is 0 Å². The van der Waals surface area contributed by atoms with Crippen LogP contribution in [0.1, 0.15) is 13.8 Å². The van der Waals surface area contributed by atoms with Gasteiger partial charge in [0, 0.05) is 13.1 Å². The summed E-state index contributed by atoms with van der Waals surface area (Å²) in [6.07, 6.45) is 0. The summed E-state index contributed by atoms with van der Waals surface area (Å²) >= 11 is 0. The molecule has 0 fully saturated rings. The van der Waals surface area contributed by atoms with E-state index in [1.165, 1.54) is 29.6 Å². The van der Waals surface area contributed by atoms with Crippen molar-refractivity contribution in [3.63, 3.8) is 0 Å². The third-order valence-corrected chi connectivity index (χ3v) is 6.38. The minimum atomic E-state index is -3.65. The smallest absolute Gasteiger partial charge is 0.243 e. The Morgan fingerprint density at radius 2 is 1.59 bits per heavy atom. The van der Waals surface area contributed by atoms with Crippen molar-refractivity contribution in [2.75, 3.05) is 44.5 Å². The van der Waals surface area contributed by atoms with Gasteiger partial charge in [-0.2, -0.15) is 4.31 Å². The van der Waals surface area contributed by atoms with Crippen LogP contribution in [0.15, 0.2) is 47.4 Å². The number of methoxy groups -OCH3 is 2. The summed E-state index contributed by atoms with van der Waals surface area (Å²) < 4.78 is 37.4. The van der Waals surface area contributed by atoms with Gasteiger partial charge in [0.2, 0.25) is 15.9 Å². The number of nitrogens with zero attached hydrogens (tertiary/aromatic N) is 1. The van der Waals surface area contributed by atoms with E-state index in [1.807, 2.05) is 12.1 Å². The maximum absolute atomic E-state index is 12.8. The number of anilines is 2. The van der Waals surface area contributed by atoms with Crippen molar-refractivity contribution in [1.82, 2.24) is 4.31 Å². The highest BCUT2D eigenvalue weighted by Gasteiger charge is 2.23. The Morgan fingerprint density at radius 3 is 2.21 bits per heavy atom. The molecule has 0 aliphatic carbocycles. The van der Waals surface area contributed by atoms with Crippen LogP contribution in [-0.4, -0.2) is 52.5 Å². The average molecular weight is 422 g/mol. The molecule has 9 heteroatoms. The van der Waals surface area contributed by atoms with Gasteiger partial charge in [0.15, 0.2) is 0 Å². The van der Waals surface area contributed by atoms with E-state index >= 15 is 0 Å². The molecule has 0 aliphatic heterocycles. The summed E-state index contributed by atoms with van der Waals surface area (Å²) in [5, 5.41) is 5.71. The molecule has 0 aliphatic rings. The molecular formula is C20H27N3O5S. The SMILES string of the molecule is CCN(CC)S(=O)(=O)c1ccc(OC)c(NC(=O)CNc2ccccc2OC)c1. The van der Waals surface area contributed by atoms with Gasteiger partial charge in [-0.1, -0.05) is 26.0 Å². The Kier molecular flexibility index (Phi) is 7.86. The molecule has 0 heterocycles. The molecule has 0 bridgehead atoms. The molecule has 0 radical (unpaired) electrons. The Bertz CT molecular complexity index is 943. The fourth-order valence-corrected chi connectivity index (χ4v) is 4.30. The van der Waals surface area contributed by atoms with Crippen molar-refractivity contribution in [2.24, 2.45) is 0 Å². The van der Waals surface area contributed by atoms with Crippen molar-refractivity contribution in [2.45, 2.75) is 18.7 Å². The van der Waals surface area contributed by atoms with E-state index in [-0.39, 0.29) is 23.0 Å². The molecule has 2 aromatic rings. The second-order valence-corrected chi connectivity index (χ2v) is 7.99. The highest BCUT2D eigenvalue weighted by atomic mass is 32.2. The van der Waals surface area contributed by atoms with Gasteiger partial charge in [-0.25, -0.2) is 8.42 Å². The van der Waals surface area contributed by atoms with Crippen LogP contribution in [0.3, 0.4) is 0 Å². The van der Waals surface area contributed by atoms with Gasteiger partial charge in [0.1, 0.15) is 11.5 Å². The van der Waals surface area contributed by atoms with Gasteiger partial charge in [0.25, 0.3) is 0 Å². The first-order valence-electron chi connectivity index (χ1n) is 9.22. The summed E-state index contributed by atoms with van der Waals surface area (Å²) in [6.45, 7) is 4.23. The Morgan fingerprint density at radius 1 is 0.966 bits per heavy atom. The monoisotopic (exact) mass is 421 g/mol. The van der Waals surface area contributed by atoms with Crippen LogP contribution in [0.5, 0.6) is 11.5 Å². The zero-order valence-corrected chi connectivity index (χ0v) is 17.9. The largest absolute Gasteiger partial charge is 0.495 e. The number of amides is 1. The van der Waals surface area contributed by atoms with E-state index in [9.17, 15) is 13.2 Å². The zero-order chi connectivity index (χ0) is 21.4. The molecule has 0 atom stereocenters. The summed E-state index contributed by atoms with van der Waals surface area (Å²) in [6, 6.07) is 11.6. The maximum atomic E-state index is 12.8. The quantitative estimate of drug-likeness (QED) is 0.612. The standard InChI is InChI=1S/C20H27N3O5S/c1-5-23(6-2)29(25,26)15-11-12-19(28-4)17(13-15)22-20(24)14-21-16-9-7-8-10-18(16)27-3/h7-13,21H,5-6,14H2,1-4H3,(H,22,24). The second kappa shape index (κ2) is 10.1. The van der Waals surface area contributed by atoms with E-state index in [0.29, 0.717) is 30.3 Å². The van der Waals surface area contributed by atoms with Gasteiger partial charge in [0.05, 0.1) is 37.0 Å². The van der Waals surface area contributed by atoms with Gasteiger partial charge in [-0.3, -0.25) is 4.79 Å².